The molecule has 0 saturated carbocycles. The molecule has 1 heterocycles. The molecule has 2 amide bonds. The predicted octanol–water partition coefficient (Wildman–Crippen LogP) is 7.67. The van der Waals surface area contributed by atoms with Crippen LogP contribution in [0.1, 0.15) is 46.7 Å². The SMILES string of the molecule is O=C(Nc1ccc(C(F)(F)F)cc1)N1N=C2c3ccccc3CCC[C@H]2[C@@H]1c1ccc(C(F)(F)F)cc1. The number of fused-ring (bicyclic) bond motifs is 3. The first-order valence-electron chi connectivity index (χ1n) is 11.6. The van der Waals surface area contributed by atoms with Gasteiger partial charge in [-0.15, -0.1) is 0 Å². The Balaban J connectivity index is 1.51. The molecule has 0 aromatic heterocycles. The molecule has 0 unspecified atom stereocenters. The maximum atomic E-state index is 13.4. The molecule has 2 aliphatic rings. The van der Waals surface area contributed by atoms with Gasteiger partial charge in [-0.1, -0.05) is 36.4 Å². The predicted molar refractivity (Wildman–Crippen MR) is 126 cm³/mol. The van der Waals surface area contributed by atoms with Gasteiger partial charge in [0, 0.05) is 17.2 Å². The highest BCUT2D eigenvalue weighted by molar-refractivity contribution is 6.07. The number of nitrogens with one attached hydrogen (secondary N) is 1. The lowest BCUT2D eigenvalue weighted by Crippen LogP contribution is -2.34. The van der Waals surface area contributed by atoms with Gasteiger partial charge in [-0.25, -0.2) is 9.80 Å². The highest BCUT2D eigenvalue weighted by Gasteiger charge is 2.43. The molecule has 0 spiro atoms. The summed E-state index contributed by atoms with van der Waals surface area (Å²) < 4.78 is 78.2. The van der Waals surface area contributed by atoms with Crippen LogP contribution in [-0.2, 0) is 18.8 Å². The highest BCUT2D eigenvalue weighted by atomic mass is 19.4. The van der Waals surface area contributed by atoms with Crippen molar-refractivity contribution in [3.8, 4) is 0 Å². The van der Waals surface area contributed by atoms with E-state index in [0.717, 1.165) is 60.4 Å². The summed E-state index contributed by atoms with van der Waals surface area (Å²) in [6.07, 6.45) is -6.76. The number of hydrogen-bond donors (Lipinski definition) is 1. The molecule has 2 atom stereocenters. The zero-order valence-corrected chi connectivity index (χ0v) is 19.3. The Morgan fingerprint density at radius 2 is 1.43 bits per heavy atom. The average Bonchev–Trinajstić information content (AvgIpc) is 3.13. The van der Waals surface area contributed by atoms with E-state index in [4.69, 9.17) is 0 Å². The number of nitrogens with zero attached hydrogens (tertiary/aromatic N) is 2. The van der Waals surface area contributed by atoms with Crippen LogP contribution in [0.4, 0.5) is 36.8 Å². The molecule has 0 fully saturated rings. The average molecular weight is 517 g/mol. The normalized spacial score (nSPS) is 19.5. The number of alkyl halides is 6. The molecular formula is C27H21F6N3O. The molecule has 1 N–H and O–H groups in total. The quantitative estimate of drug-likeness (QED) is 0.349. The second-order valence-corrected chi connectivity index (χ2v) is 9.06. The maximum Gasteiger partial charge on any atom is 0.416 e. The summed E-state index contributed by atoms with van der Waals surface area (Å²) in [6, 6.07) is 15.0. The number of aryl methyl sites for hydroxylation is 1. The lowest BCUT2D eigenvalue weighted by atomic mass is 9.85. The van der Waals surface area contributed by atoms with Crippen LogP contribution in [0.15, 0.2) is 77.9 Å². The summed E-state index contributed by atoms with van der Waals surface area (Å²) in [5, 5.41) is 8.41. The second kappa shape index (κ2) is 9.24. The molecule has 1 aliphatic heterocycles. The van der Waals surface area contributed by atoms with Crippen LogP contribution in [0, 0.1) is 5.92 Å². The number of carbonyl (C=O) groups is 1. The zero-order chi connectivity index (χ0) is 26.4. The number of benzene rings is 3. The summed E-state index contributed by atoms with van der Waals surface area (Å²) in [5.74, 6) is -0.265. The monoisotopic (exact) mass is 517 g/mol. The Morgan fingerprint density at radius 1 is 0.838 bits per heavy atom. The van der Waals surface area contributed by atoms with Crippen LogP contribution in [0.25, 0.3) is 0 Å². The molecule has 37 heavy (non-hydrogen) atoms. The molecule has 192 valence electrons. The molecule has 3 aromatic rings. The van der Waals surface area contributed by atoms with E-state index in [1.165, 1.54) is 17.1 Å². The van der Waals surface area contributed by atoms with E-state index < -0.39 is 35.6 Å². The fourth-order valence-corrected chi connectivity index (χ4v) is 4.96. The van der Waals surface area contributed by atoms with Crippen molar-refractivity contribution in [1.29, 1.82) is 0 Å². The number of amides is 2. The van der Waals surface area contributed by atoms with Crippen LogP contribution in [0.2, 0.25) is 0 Å². The lowest BCUT2D eigenvalue weighted by molar-refractivity contribution is -0.138. The summed E-state index contributed by atoms with van der Waals surface area (Å²) in [4.78, 5) is 13.4. The third kappa shape index (κ3) is 4.92. The molecule has 5 rings (SSSR count). The Bertz CT molecular complexity index is 1330. The number of rotatable bonds is 2. The minimum Gasteiger partial charge on any atom is -0.306 e. The largest absolute Gasteiger partial charge is 0.416 e. The van der Waals surface area contributed by atoms with E-state index in [1.54, 1.807) is 0 Å². The fourth-order valence-electron chi connectivity index (χ4n) is 4.96. The zero-order valence-electron chi connectivity index (χ0n) is 19.3. The highest BCUT2D eigenvalue weighted by Crippen LogP contribution is 2.43. The van der Waals surface area contributed by atoms with Crippen LogP contribution in [-0.4, -0.2) is 16.8 Å². The Hall–Kier alpha value is -3.82. The van der Waals surface area contributed by atoms with Gasteiger partial charge < -0.3 is 5.32 Å². The van der Waals surface area contributed by atoms with Crippen molar-refractivity contribution in [2.24, 2.45) is 11.0 Å². The van der Waals surface area contributed by atoms with Crippen molar-refractivity contribution < 1.29 is 31.1 Å². The number of carbonyl (C=O) groups excluding carboxylic acids is 1. The molecular weight excluding hydrogens is 496 g/mol. The molecule has 4 nitrogen and oxygen atoms in total. The number of anilines is 1. The minimum atomic E-state index is -4.52. The molecule has 1 aliphatic carbocycles. The third-order valence-corrected chi connectivity index (χ3v) is 6.72. The molecule has 0 bridgehead atoms. The topological polar surface area (TPSA) is 44.7 Å². The first kappa shape index (κ1) is 24.9. The Morgan fingerprint density at radius 3 is 2.05 bits per heavy atom. The van der Waals surface area contributed by atoms with Crippen molar-refractivity contribution in [2.45, 2.75) is 37.7 Å². The lowest BCUT2D eigenvalue weighted by Gasteiger charge is -2.27. The van der Waals surface area contributed by atoms with Gasteiger partial charge in [0.1, 0.15) is 0 Å². The van der Waals surface area contributed by atoms with Gasteiger partial charge in [-0.2, -0.15) is 31.4 Å². The van der Waals surface area contributed by atoms with Gasteiger partial charge in [0.05, 0.1) is 22.9 Å². The van der Waals surface area contributed by atoms with Crippen molar-refractivity contribution >= 4 is 17.4 Å². The van der Waals surface area contributed by atoms with Crippen molar-refractivity contribution in [3.05, 3.63) is 101 Å². The van der Waals surface area contributed by atoms with Gasteiger partial charge >= 0.3 is 18.4 Å². The number of halogens is 6. The van der Waals surface area contributed by atoms with E-state index in [9.17, 15) is 31.1 Å². The van der Waals surface area contributed by atoms with Gasteiger partial charge in [-0.05, 0) is 66.8 Å². The second-order valence-electron chi connectivity index (χ2n) is 9.06. The maximum absolute atomic E-state index is 13.4. The van der Waals surface area contributed by atoms with E-state index in [2.05, 4.69) is 10.4 Å². The first-order valence-corrected chi connectivity index (χ1v) is 11.6. The van der Waals surface area contributed by atoms with Crippen molar-refractivity contribution in [2.75, 3.05) is 5.32 Å². The van der Waals surface area contributed by atoms with Crippen LogP contribution in [0.3, 0.4) is 0 Å². The summed E-state index contributed by atoms with van der Waals surface area (Å²) in [6.45, 7) is 0. The standard InChI is InChI=1S/C27H21F6N3O/c28-26(29,30)18-10-8-17(9-11-18)24-22-7-3-5-16-4-1-2-6-21(16)23(22)35-36(24)25(37)34-20-14-12-19(13-15-20)27(31,32)33/h1-2,4,6,8-15,22,24H,3,5,7H2,(H,34,37)/t22-,24+/m1/s1. The van der Waals surface area contributed by atoms with E-state index in [0.29, 0.717) is 17.7 Å². The Labute approximate surface area is 208 Å². The van der Waals surface area contributed by atoms with Crippen LogP contribution >= 0.6 is 0 Å². The minimum absolute atomic E-state index is 0.136. The van der Waals surface area contributed by atoms with Gasteiger partial charge in [0.2, 0.25) is 0 Å². The van der Waals surface area contributed by atoms with Crippen LogP contribution < -0.4 is 5.32 Å². The smallest absolute Gasteiger partial charge is 0.306 e. The summed E-state index contributed by atoms with van der Waals surface area (Å²) in [7, 11) is 0. The summed E-state index contributed by atoms with van der Waals surface area (Å²) in [5.41, 5.74) is 1.58. The van der Waals surface area contributed by atoms with Crippen molar-refractivity contribution in [1.82, 2.24) is 5.01 Å². The van der Waals surface area contributed by atoms with Crippen molar-refractivity contribution in [3.63, 3.8) is 0 Å². The number of hydrazone groups is 1. The molecule has 3 aromatic carbocycles. The first-order chi connectivity index (χ1) is 17.5. The molecule has 0 radical (unpaired) electrons. The Kier molecular flexibility index (Phi) is 6.21. The van der Waals surface area contributed by atoms with Gasteiger partial charge in [0.15, 0.2) is 0 Å². The van der Waals surface area contributed by atoms with E-state index in [-0.39, 0.29) is 11.6 Å². The third-order valence-electron chi connectivity index (χ3n) is 6.72. The molecule has 10 heteroatoms. The van der Waals surface area contributed by atoms with E-state index in [1.807, 2.05) is 24.3 Å². The van der Waals surface area contributed by atoms with Gasteiger partial charge in [0.25, 0.3) is 0 Å². The fraction of sp³-hybridized carbons (Fsp3) is 0.259. The number of urea groups is 1. The molecule has 0 saturated heterocycles. The number of hydrogen-bond acceptors (Lipinski definition) is 2. The van der Waals surface area contributed by atoms with E-state index >= 15 is 0 Å². The summed E-state index contributed by atoms with van der Waals surface area (Å²) >= 11 is 0. The van der Waals surface area contributed by atoms with Gasteiger partial charge in [-0.3, -0.25) is 0 Å². The van der Waals surface area contributed by atoms with Crippen LogP contribution in [0.5, 0.6) is 0 Å².